The standard InChI is InChI=1S/C20H25NO/c1-19(15-21(2)3)14-17-11-7-8-12-18(17)20(19,22)13-16-9-5-4-6-10-16/h4-12,22H,13-15H2,1-3H3/t19-,20-/m0/s1. The van der Waals surface area contributed by atoms with Gasteiger partial charge in [-0.05, 0) is 37.2 Å². The van der Waals surface area contributed by atoms with E-state index in [1.165, 1.54) is 11.1 Å². The van der Waals surface area contributed by atoms with Gasteiger partial charge < -0.3 is 10.0 Å². The Bertz CT molecular complexity index is 652. The van der Waals surface area contributed by atoms with Crippen molar-refractivity contribution >= 4 is 0 Å². The number of hydrogen-bond acceptors (Lipinski definition) is 2. The Labute approximate surface area is 133 Å². The monoisotopic (exact) mass is 295 g/mol. The van der Waals surface area contributed by atoms with Crippen LogP contribution in [0.25, 0.3) is 0 Å². The third-order valence-corrected chi connectivity index (χ3v) is 5.01. The van der Waals surface area contributed by atoms with Gasteiger partial charge in [0.15, 0.2) is 0 Å². The molecule has 2 nitrogen and oxygen atoms in total. The van der Waals surface area contributed by atoms with Crippen molar-refractivity contribution in [3.63, 3.8) is 0 Å². The van der Waals surface area contributed by atoms with E-state index in [2.05, 4.69) is 56.3 Å². The van der Waals surface area contributed by atoms with E-state index in [0.717, 1.165) is 18.5 Å². The lowest BCUT2D eigenvalue weighted by molar-refractivity contribution is -0.0787. The van der Waals surface area contributed by atoms with E-state index in [-0.39, 0.29) is 5.41 Å². The maximum atomic E-state index is 11.7. The summed E-state index contributed by atoms with van der Waals surface area (Å²) in [6, 6.07) is 18.7. The lowest BCUT2D eigenvalue weighted by atomic mass is 9.70. The zero-order valence-corrected chi connectivity index (χ0v) is 13.7. The first kappa shape index (κ1) is 15.3. The molecule has 0 amide bonds. The topological polar surface area (TPSA) is 23.5 Å². The van der Waals surface area contributed by atoms with Gasteiger partial charge in [-0.3, -0.25) is 0 Å². The number of nitrogens with zero attached hydrogens (tertiary/aromatic N) is 1. The highest BCUT2D eigenvalue weighted by atomic mass is 16.3. The summed E-state index contributed by atoms with van der Waals surface area (Å²) < 4.78 is 0. The molecule has 22 heavy (non-hydrogen) atoms. The van der Waals surface area contributed by atoms with Crippen molar-refractivity contribution < 1.29 is 5.11 Å². The molecule has 0 bridgehead atoms. The van der Waals surface area contributed by atoms with Crippen LogP contribution in [0.4, 0.5) is 0 Å². The molecule has 1 aliphatic rings. The largest absolute Gasteiger partial charge is 0.384 e. The van der Waals surface area contributed by atoms with E-state index in [1.54, 1.807) is 0 Å². The molecule has 2 aromatic carbocycles. The van der Waals surface area contributed by atoms with Crippen molar-refractivity contribution in [3.8, 4) is 0 Å². The Hall–Kier alpha value is -1.64. The summed E-state index contributed by atoms with van der Waals surface area (Å²) in [6.45, 7) is 3.08. The van der Waals surface area contributed by atoms with Gasteiger partial charge in [-0.2, -0.15) is 0 Å². The molecule has 0 spiro atoms. The summed E-state index contributed by atoms with van der Waals surface area (Å²) in [5.74, 6) is 0. The molecule has 0 aromatic heterocycles. The normalized spacial score (nSPS) is 27.1. The van der Waals surface area contributed by atoms with Crippen LogP contribution in [0.5, 0.6) is 0 Å². The van der Waals surface area contributed by atoms with E-state index >= 15 is 0 Å². The smallest absolute Gasteiger partial charge is 0.101 e. The molecule has 2 heteroatoms. The van der Waals surface area contributed by atoms with Crippen molar-refractivity contribution in [3.05, 3.63) is 71.3 Å². The molecular formula is C20H25NO. The van der Waals surface area contributed by atoms with Crippen LogP contribution < -0.4 is 0 Å². The van der Waals surface area contributed by atoms with Gasteiger partial charge in [0.1, 0.15) is 5.60 Å². The SMILES string of the molecule is CN(C)C[C@]1(C)Cc2ccccc2[C@@]1(O)Cc1ccccc1. The minimum atomic E-state index is -0.824. The van der Waals surface area contributed by atoms with Crippen LogP contribution in [0.15, 0.2) is 54.6 Å². The molecule has 0 saturated carbocycles. The summed E-state index contributed by atoms with van der Waals surface area (Å²) in [4.78, 5) is 2.18. The second-order valence-electron chi connectivity index (χ2n) is 7.16. The Morgan fingerprint density at radius 3 is 2.32 bits per heavy atom. The van der Waals surface area contributed by atoms with Crippen LogP contribution in [0.3, 0.4) is 0 Å². The fourth-order valence-corrected chi connectivity index (χ4v) is 4.05. The molecule has 0 aliphatic heterocycles. The van der Waals surface area contributed by atoms with Crippen LogP contribution >= 0.6 is 0 Å². The lowest BCUT2D eigenvalue weighted by Gasteiger charge is -2.42. The minimum Gasteiger partial charge on any atom is -0.384 e. The predicted octanol–water partition coefficient (Wildman–Crippen LogP) is 3.24. The van der Waals surface area contributed by atoms with Gasteiger partial charge in [0.2, 0.25) is 0 Å². The summed E-state index contributed by atoms with van der Waals surface area (Å²) in [5.41, 5.74) is 2.56. The quantitative estimate of drug-likeness (QED) is 0.936. The van der Waals surface area contributed by atoms with Crippen molar-refractivity contribution in [1.29, 1.82) is 0 Å². The molecular weight excluding hydrogens is 270 g/mol. The van der Waals surface area contributed by atoms with Crippen LogP contribution in [0.2, 0.25) is 0 Å². The van der Waals surface area contributed by atoms with Crippen molar-refractivity contribution in [2.75, 3.05) is 20.6 Å². The molecule has 116 valence electrons. The number of hydrogen-bond donors (Lipinski definition) is 1. The van der Waals surface area contributed by atoms with E-state index < -0.39 is 5.60 Å². The molecule has 0 saturated heterocycles. The van der Waals surface area contributed by atoms with E-state index in [1.807, 2.05) is 24.3 Å². The first-order chi connectivity index (χ1) is 10.4. The third-order valence-electron chi connectivity index (χ3n) is 5.01. The Morgan fingerprint density at radius 2 is 1.64 bits per heavy atom. The molecule has 0 radical (unpaired) electrons. The highest BCUT2D eigenvalue weighted by Crippen LogP contribution is 2.52. The third kappa shape index (κ3) is 2.47. The molecule has 0 heterocycles. The molecule has 3 rings (SSSR count). The highest BCUT2D eigenvalue weighted by molar-refractivity contribution is 5.42. The number of fused-ring (bicyclic) bond motifs is 1. The maximum Gasteiger partial charge on any atom is 0.101 e. The summed E-state index contributed by atoms with van der Waals surface area (Å²) in [5, 5.41) is 11.7. The molecule has 1 aliphatic carbocycles. The maximum absolute atomic E-state index is 11.7. The summed E-state index contributed by atoms with van der Waals surface area (Å²) in [7, 11) is 4.16. The van der Waals surface area contributed by atoms with Gasteiger partial charge in [0, 0.05) is 18.4 Å². The Kier molecular flexibility index (Phi) is 3.84. The van der Waals surface area contributed by atoms with Crippen molar-refractivity contribution in [1.82, 2.24) is 4.90 Å². The van der Waals surface area contributed by atoms with Crippen molar-refractivity contribution in [2.45, 2.75) is 25.4 Å². The summed E-state index contributed by atoms with van der Waals surface area (Å²) in [6.07, 6.45) is 1.58. The van der Waals surface area contributed by atoms with Crippen molar-refractivity contribution in [2.24, 2.45) is 5.41 Å². The fraction of sp³-hybridized carbons (Fsp3) is 0.400. The zero-order chi connectivity index (χ0) is 15.8. The van der Waals surface area contributed by atoms with Gasteiger partial charge in [-0.1, -0.05) is 61.5 Å². The number of aliphatic hydroxyl groups is 1. The van der Waals surface area contributed by atoms with E-state index in [4.69, 9.17) is 0 Å². The Morgan fingerprint density at radius 1 is 1.00 bits per heavy atom. The van der Waals surface area contributed by atoms with Gasteiger partial charge in [0.05, 0.1) is 0 Å². The van der Waals surface area contributed by atoms with Gasteiger partial charge in [-0.25, -0.2) is 0 Å². The average Bonchev–Trinajstić information content (AvgIpc) is 2.67. The predicted molar refractivity (Wildman–Crippen MR) is 90.8 cm³/mol. The van der Waals surface area contributed by atoms with Gasteiger partial charge in [-0.15, -0.1) is 0 Å². The lowest BCUT2D eigenvalue weighted by Crippen LogP contribution is -2.48. The van der Waals surface area contributed by atoms with Gasteiger partial charge in [0.25, 0.3) is 0 Å². The second kappa shape index (κ2) is 5.53. The molecule has 0 unspecified atom stereocenters. The zero-order valence-electron chi connectivity index (χ0n) is 13.7. The van der Waals surface area contributed by atoms with Crippen LogP contribution in [0.1, 0.15) is 23.6 Å². The minimum absolute atomic E-state index is 0.184. The molecule has 2 aromatic rings. The van der Waals surface area contributed by atoms with Gasteiger partial charge >= 0.3 is 0 Å². The number of rotatable bonds is 4. The van der Waals surface area contributed by atoms with Crippen LogP contribution in [-0.2, 0) is 18.4 Å². The molecule has 2 atom stereocenters. The number of benzene rings is 2. The van der Waals surface area contributed by atoms with E-state index in [9.17, 15) is 5.11 Å². The van der Waals surface area contributed by atoms with E-state index in [0.29, 0.717) is 6.42 Å². The average molecular weight is 295 g/mol. The molecule has 1 N–H and O–H groups in total. The molecule has 0 fully saturated rings. The summed E-state index contributed by atoms with van der Waals surface area (Å²) >= 11 is 0. The fourth-order valence-electron chi connectivity index (χ4n) is 4.05. The first-order valence-electron chi connectivity index (χ1n) is 7.94. The van der Waals surface area contributed by atoms with Crippen LogP contribution in [0, 0.1) is 5.41 Å². The first-order valence-corrected chi connectivity index (χ1v) is 7.94. The second-order valence-corrected chi connectivity index (χ2v) is 7.16. The van der Waals surface area contributed by atoms with Crippen LogP contribution in [-0.4, -0.2) is 30.6 Å². The highest BCUT2D eigenvalue weighted by Gasteiger charge is 2.53. The Balaban J connectivity index is 2.06.